The normalized spacial score (nSPS) is 19.6. The SMILES string of the molecule is CCCCC[N+]1=C(C=CC=C2N(C)c3c(ccc4ccccc34)C2(C)Cc2ccccc2C)C(C)(C)c2cc([N+](=O)[O-])ccc21. The number of nitrogens with zero attached hydrogens (tertiary/aromatic N) is 3. The standard InChI is InChI=1S/C40H44N3O2/c1-7-8-13-25-42-35-24-22-31(43(44)45)26-34(35)39(3,4)36(42)19-14-20-37-40(5,27-30-17-10-9-15-28(30)2)33-23-21-29-16-11-12-18-32(29)38(33)41(37)6/h9-12,14-24,26H,7-8,13,25,27H2,1-6H3/q+1. The third-order valence-electron chi connectivity index (χ3n) is 10.1. The molecular formula is C40H44N3O2+. The average molecular weight is 599 g/mol. The number of aryl methyl sites for hydroxylation is 1. The number of hydrogen-bond acceptors (Lipinski definition) is 3. The predicted molar refractivity (Wildman–Crippen MR) is 187 cm³/mol. The zero-order chi connectivity index (χ0) is 31.9. The first-order chi connectivity index (χ1) is 21.6. The van der Waals surface area contributed by atoms with E-state index in [9.17, 15) is 10.1 Å². The molecule has 5 heteroatoms. The van der Waals surface area contributed by atoms with Gasteiger partial charge in [0.2, 0.25) is 5.69 Å². The highest BCUT2D eigenvalue weighted by Gasteiger charge is 2.46. The Balaban J connectivity index is 1.47. The number of fused-ring (bicyclic) bond motifs is 4. The van der Waals surface area contributed by atoms with Crippen LogP contribution < -0.4 is 4.90 Å². The molecule has 1 atom stereocenters. The van der Waals surface area contributed by atoms with E-state index >= 15 is 0 Å². The molecule has 230 valence electrons. The van der Waals surface area contributed by atoms with Crippen LogP contribution in [0.25, 0.3) is 10.8 Å². The lowest BCUT2D eigenvalue weighted by Crippen LogP contribution is -2.29. The number of unbranched alkanes of at least 4 members (excludes halogenated alkanes) is 2. The van der Waals surface area contributed by atoms with Crippen molar-refractivity contribution < 1.29 is 9.50 Å². The fourth-order valence-electron chi connectivity index (χ4n) is 7.63. The molecule has 1 unspecified atom stereocenters. The van der Waals surface area contributed by atoms with Crippen molar-refractivity contribution in [2.75, 3.05) is 18.5 Å². The number of anilines is 1. The van der Waals surface area contributed by atoms with Crippen LogP contribution in [0.15, 0.2) is 103 Å². The summed E-state index contributed by atoms with van der Waals surface area (Å²) in [5.41, 5.74) is 9.37. The monoisotopic (exact) mass is 598 g/mol. The summed E-state index contributed by atoms with van der Waals surface area (Å²) in [5, 5.41) is 14.2. The Bertz CT molecular complexity index is 1900. The summed E-state index contributed by atoms with van der Waals surface area (Å²) in [5.74, 6) is 0. The van der Waals surface area contributed by atoms with Crippen molar-refractivity contribution in [2.24, 2.45) is 0 Å². The van der Waals surface area contributed by atoms with Crippen LogP contribution in [0.4, 0.5) is 17.1 Å². The molecule has 0 aromatic heterocycles. The summed E-state index contributed by atoms with van der Waals surface area (Å²) in [6.45, 7) is 12.1. The van der Waals surface area contributed by atoms with Crippen LogP contribution in [0.5, 0.6) is 0 Å². The van der Waals surface area contributed by atoms with Crippen molar-refractivity contribution >= 4 is 33.5 Å². The summed E-state index contributed by atoms with van der Waals surface area (Å²) >= 11 is 0. The van der Waals surface area contributed by atoms with Crippen molar-refractivity contribution in [3.05, 3.63) is 135 Å². The van der Waals surface area contributed by atoms with E-state index < -0.39 is 0 Å². The van der Waals surface area contributed by atoms with Crippen molar-refractivity contribution in [1.29, 1.82) is 0 Å². The van der Waals surface area contributed by atoms with Crippen molar-refractivity contribution in [1.82, 2.24) is 0 Å². The Morgan fingerprint density at radius 2 is 1.69 bits per heavy atom. The number of allylic oxidation sites excluding steroid dienone is 4. The smallest absolute Gasteiger partial charge is 0.270 e. The lowest BCUT2D eigenvalue weighted by Gasteiger charge is -2.29. The number of rotatable bonds is 9. The Labute approximate surface area is 267 Å². The molecule has 0 amide bonds. The summed E-state index contributed by atoms with van der Waals surface area (Å²) in [4.78, 5) is 13.8. The van der Waals surface area contributed by atoms with E-state index in [0.717, 1.165) is 43.5 Å². The first-order valence-corrected chi connectivity index (χ1v) is 16.2. The zero-order valence-electron chi connectivity index (χ0n) is 27.4. The number of nitro benzene ring substituents is 1. The van der Waals surface area contributed by atoms with Gasteiger partial charge in [-0.2, -0.15) is 4.58 Å². The second-order valence-corrected chi connectivity index (χ2v) is 13.4. The van der Waals surface area contributed by atoms with Gasteiger partial charge in [-0.25, -0.2) is 0 Å². The molecule has 0 spiro atoms. The highest BCUT2D eigenvalue weighted by atomic mass is 16.6. The molecule has 2 aliphatic rings. The largest absolute Gasteiger partial charge is 0.347 e. The Morgan fingerprint density at radius 3 is 2.44 bits per heavy atom. The molecule has 0 saturated carbocycles. The maximum Gasteiger partial charge on any atom is 0.270 e. The molecule has 0 saturated heterocycles. The second-order valence-electron chi connectivity index (χ2n) is 13.4. The van der Waals surface area contributed by atoms with Crippen molar-refractivity contribution in [3.8, 4) is 0 Å². The van der Waals surface area contributed by atoms with Crippen LogP contribution in [-0.2, 0) is 17.3 Å². The first kappa shape index (κ1) is 30.5. The quantitative estimate of drug-likeness (QED) is 0.0834. The van der Waals surface area contributed by atoms with Gasteiger partial charge in [0, 0.05) is 59.8 Å². The van der Waals surface area contributed by atoms with Crippen LogP contribution >= 0.6 is 0 Å². The maximum absolute atomic E-state index is 11.7. The van der Waals surface area contributed by atoms with E-state index in [2.05, 4.69) is 130 Å². The number of nitro groups is 1. The van der Waals surface area contributed by atoms with E-state index in [1.807, 2.05) is 6.07 Å². The Hall–Kier alpha value is -4.51. The minimum Gasteiger partial charge on any atom is -0.347 e. The van der Waals surface area contributed by atoms with Crippen molar-refractivity contribution in [2.45, 2.75) is 71.1 Å². The van der Waals surface area contributed by atoms with Crippen LogP contribution in [0.2, 0.25) is 0 Å². The highest BCUT2D eigenvalue weighted by Crippen LogP contribution is 2.52. The minimum atomic E-state index is -0.367. The van der Waals surface area contributed by atoms with Crippen LogP contribution in [0.1, 0.15) is 69.2 Å². The molecule has 0 aliphatic carbocycles. The summed E-state index contributed by atoms with van der Waals surface area (Å²) in [6, 6.07) is 27.3. The summed E-state index contributed by atoms with van der Waals surface area (Å²) in [7, 11) is 2.20. The van der Waals surface area contributed by atoms with E-state index in [1.165, 1.54) is 44.6 Å². The van der Waals surface area contributed by atoms with Gasteiger partial charge in [0.05, 0.1) is 16.0 Å². The molecule has 6 rings (SSSR count). The Morgan fingerprint density at radius 1 is 0.933 bits per heavy atom. The van der Waals surface area contributed by atoms with Gasteiger partial charge in [-0.3, -0.25) is 10.1 Å². The molecule has 0 radical (unpaired) electrons. The topological polar surface area (TPSA) is 49.4 Å². The molecule has 5 nitrogen and oxygen atoms in total. The van der Waals surface area contributed by atoms with Gasteiger partial charge in [-0.05, 0) is 68.7 Å². The lowest BCUT2D eigenvalue weighted by molar-refractivity contribution is -0.438. The van der Waals surface area contributed by atoms with E-state index in [-0.39, 0.29) is 21.4 Å². The molecule has 0 N–H and O–H groups in total. The molecule has 4 aromatic rings. The number of likely N-dealkylation sites (N-methyl/N-ethyl adjacent to an activating group) is 1. The molecule has 2 aliphatic heterocycles. The molecule has 0 bridgehead atoms. The van der Waals surface area contributed by atoms with Crippen LogP contribution in [0.3, 0.4) is 0 Å². The molecule has 4 aromatic carbocycles. The third-order valence-corrected chi connectivity index (χ3v) is 10.1. The van der Waals surface area contributed by atoms with Gasteiger partial charge in [0.25, 0.3) is 5.69 Å². The predicted octanol–water partition coefficient (Wildman–Crippen LogP) is 9.71. The Kier molecular flexibility index (Phi) is 7.98. The van der Waals surface area contributed by atoms with E-state index in [1.54, 1.807) is 12.1 Å². The summed E-state index contributed by atoms with van der Waals surface area (Å²) in [6.07, 6.45) is 11.0. The molecule has 0 fully saturated rings. The molecule has 2 heterocycles. The molecular weight excluding hydrogens is 554 g/mol. The van der Waals surface area contributed by atoms with Gasteiger partial charge >= 0.3 is 0 Å². The third kappa shape index (κ3) is 5.18. The van der Waals surface area contributed by atoms with Gasteiger partial charge in [0.1, 0.15) is 6.54 Å². The molecule has 45 heavy (non-hydrogen) atoms. The first-order valence-electron chi connectivity index (χ1n) is 16.2. The van der Waals surface area contributed by atoms with E-state index in [4.69, 9.17) is 0 Å². The van der Waals surface area contributed by atoms with Crippen LogP contribution in [0, 0.1) is 17.0 Å². The van der Waals surface area contributed by atoms with Gasteiger partial charge in [-0.15, -0.1) is 0 Å². The zero-order valence-corrected chi connectivity index (χ0v) is 27.4. The maximum atomic E-state index is 11.7. The lowest BCUT2D eigenvalue weighted by atomic mass is 9.75. The number of hydrogen-bond donors (Lipinski definition) is 0. The van der Waals surface area contributed by atoms with E-state index in [0.29, 0.717) is 0 Å². The fourth-order valence-corrected chi connectivity index (χ4v) is 7.63. The van der Waals surface area contributed by atoms with Crippen LogP contribution in [-0.4, -0.2) is 28.8 Å². The summed E-state index contributed by atoms with van der Waals surface area (Å²) < 4.78 is 2.39. The van der Waals surface area contributed by atoms with Gasteiger partial charge < -0.3 is 4.90 Å². The highest BCUT2D eigenvalue weighted by molar-refractivity contribution is 6.03. The minimum absolute atomic E-state index is 0.146. The van der Waals surface area contributed by atoms with Gasteiger partial charge in [0.15, 0.2) is 5.71 Å². The fraction of sp³-hybridized carbons (Fsp3) is 0.325. The number of non-ortho nitro benzene ring substituents is 1. The van der Waals surface area contributed by atoms with Crippen molar-refractivity contribution in [3.63, 3.8) is 0 Å². The second kappa shape index (κ2) is 11.8. The average Bonchev–Trinajstić information content (AvgIpc) is 3.37. The van der Waals surface area contributed by atoms with Gasteiger partial charge in [-0.1, -0.05) is 80.1 Å². The number of benzene rings is 4.